The summed E-state index contributed by atoms with van der Waals surface area (Å²) in [6, 6.07) is 9.57. The van der Waals surface area contributed by atoms with Crippen molar-refractivity contribution < 1.29 is 14.3 Å². The zero-order valence-electron chi connectivity index (χ0n) is 13.9. The zero-order chi connectivity index (χ0) is 16.6. The molecule has 0 aliphatic rings. The number of likely N-dealkylation sites (N-methyl/N-ethyl adjacent to an activating group) is 1. The van der Waals surface area contributed by atoms with Gasteiger partial charge in [0, 0.05) is 19.0 Å². The summed E-state index contributed by atoms with van der Waals surface area (Å²) in [7, 11) is 1.73. The van der Waals surface area contributed by atoms with Gasteiger partial charge in [-0.1, -0.05) is 39.0 Å². The topological polar surface area (TPSA) is 58.6 Å². The Balaban J connectivity index is 2.20. The van der Waals surface area contributed by atoms with Crippen LogP contribution in [-0.2, 0) is 9.59 Å². The van der Waals surface area contributed by atoms with E-state index in [0.29, 0.717) is 13.2 Å². The van der Waals surface area contributed by atoms with E-state index in [1.54, 1.807) is 11.9 Å². The van der Waals surface area contributed by atoms with Crippen molar-refractivity contribution in [2.45, 2.75) is 27.2 Å². The Morgan fingerprint density at radius 1 is 1.18 bits per heavy atom. The van der Waals surface area contributed by atoms with Gasteiger partial charge in [0.25, 0.3) is 0 Å². The average molecular weight is 306 g/mol. The van der Waals surface area contributed by atoms with Crippen LogP contribution >= 0.6 is 0 Å². The van der Waals surface area contributed by atoms with E-state index in [1.807, 2.05) is 51.1 Å². The molecule has 0 saturated heterocycles. The first-order valence-corrected chi connectivity index (χ1v) is 7.51. The summed E-state index contributed by atoms with van der Waals surface area (Å²) < 4.78 is 5.57. The number of hydrogen-bond donors (Lipinski definition) is 1. The fourth-order valence-electron chi connectivity index (χ4n) is 1.69. The largest absolute Gasteiger partial charge is 0.494 e. The lowest BCUT2D eigenvalue weighted by molar-refractivity contribution is -0.134. The van der Waals surface area contributed by atoms with Crippen molar-refractivity contribution in [1.82, 2.24) is 10.2 Å². The summed E-state index contributed by atoms with van der Waals surface area (Å²) in [5.41, 5.74) is -0.484. The maximum atomic E-state index is 11.9. The molecule has 1 aromatic rings. The number of carbonyl (C=O) groups is 2. The molecule has 2 amide bonds. The Morgan fingerprint density at radius 3 is 2.41 bits per heavy atom. The Morgan fingerprint density at radius 2 is 1.82 bits per heavy atom. The molecule has 0 radical (unpaired) electrons. The van der Waals surface area contributed by atoms with Gasteiger partial charge in [-0.15, -0.1) is 0 Å². The lowest BCUT2D eigenvalue weighted by atomic mass is 9.96. The van der Waals surface area contributed by atoms with Gasteiger partial charge < -0.3 is 15.0 Å². The van der Waals surface area contributed by atoms with E-state index in [0.717, 1.165) is 12.2 Å². The lowest BCUT2D eigenvalue weighted by Gasteiger charge is -2.20. The number of rotatable bonds is 7. The molecule has 0 aromatic heterocycles. The van der Waals surface area contributed by atoms with Crippen LogP contribution in [0.1, 0.15) is 27.2 Å². The molecule has 122 valence electrons. The Kier molecular flexibility index (Phi) is 6.89. The molecule has 1 N–H and O–H groups in total. The highest BCUT2D eigenvalue weighted by molar-refractivity contribution is 5.87. The number of amides is 2. The van der Waals surface area contributed by atoms with Crippen LogP contribution in [0.15, 0.2) is 30.3 Å². The van der Waals surface area contributed by atoms with Crippen molar-refractivity contribution in [2.24, 2.45) is 5.41 Å². The number of para-hydroxylation sites is 1. The van der Waals surface area contributed by atoms with E-state index in [-0.39, 0.29) is 18.4 Å². The summed E-state index contributed by atoms with van der Waals surface area (Å²) in [5, 5.41) is 2.66. The fourth-order valence-corrected chi connectivity index (χ4v) is 1.69. The van der Waals surface area contributed by atoms with Crippen molar-refractivity contribution in [1.29, 1.82) is 0 Å². The van der Waals surface area contributed by atoms with Gasteiger partial charge in [-0.25, -0.2) is 0 Å². The second kappa shape index (κ2) is 8.41. The van der Waals surface area contributed by atoms with Crippen LogP contribution in [0.5, 0.6) is 5.75 Å². The predicted octanol–water partition coefficient (Wildman–Crippen LogP) is 2.08. The molecule has 0 unspecified atom stereocenters. The molecule has 0 heterocycles. The molecule has 0 fully saturated rings. The molecule has 0 bridgehead atoms. The molecule has 0 aliphatic heterocycles. The normalized spacial score (nSPS) is 10.9. The Hall–Kier alpha value is -2.04. The number of ether oxygens (including phenoxy) is 1. The van der Waals surface area contributed by atoms with Crippen LogP contribution in [-0.4, -0.2) is 43.5 Å². The predicted molar refractivity (Wildman–Crippen MR) is 86.7 cm³/mol. The first-order chi connectivity index (χ1) is 10.3. The van der Waals surface area contributed by atoms with Gasteiger partial charge in [0.2, 0.25) is 11.8 Å². The maximum absolute atomic E-state index is 11.9. The molecule has 5 nitrogen and oxygen atoms in total. The summed E-state index contributed by atoms with van der Waals surface area (Å²) >= 11 is 0. The first kappa shape index (κ1) is 18.0. The van der Waals surface area contributed by atoms with Crippen molar-refractivity contribution >= 4 is 11.8 Å². The van der Waals surface area contributed by atoms with E-state index >= 15 is 0 Å². The van der Waals surface area contributed by atoms with Gasteiger partial charge in [-0.2, -0.15) is 0 Å². The van der Waals surface area contributed by atoms with Gasteiger partial charge in [-0.05, 0) is 18.6 Å². The second-order valence-electron chi connectivity index (χ2n) is 6.26. The zero-order valence-corrected chi connectivity index (χ0v) is 13.9. The van der Waals surface area contributed by atoms with Gasteiger partial charge in [-0.3, -0.25) is 9.59 Å². The molecule has 0 aliphatic carbocycles. The SMILES string of the molecule is CN(CCCOc1ccccc1)C(=O)CNC(=O)C(C)(C)C. The lowest BCUT2D eigenvalue weighted by Crippen LogP contribution is -2.42. The first-order valence-electron chi connectivity index (χ1n) is 7.51. The minimum atomic E-state index is -0.484. The quantitative estimate of drug-likeness (QED) is 0.785. The van der Waals surface area contributed by atoms with Crippen LogP contribution in [0.4, 0.5) is 0 Å². The fraction of sp³-hybridized carbons (Fsp3) is 0.529. The van der Waals surface area contributed by atoms with Crippen LogP contribution in [0.3, 0.4) is 0 Å². The van der Waals surface area contributed by atoms with Gasteiger partial charge in [0.1, 0.15) is 5.75 Å². The van der Waals surface area contributed by atoms with Crippen molar-refractivity contribution in [3.05, 3.63) is 30.3 Å². The maximum Gasteiger partial charge on any atom is 0.241 e. The summed E-state index contributed by atoms with van der Waals surface area (Å²) in [4.78, 5) is 25.2. The van der Waals surface area contributed by atoms with Crippen LogP contribution in [0.25, 0.3) is 0 Å². The van der Waals surface area contributed by atoms with Gasteiger partial charge in [0.15, 0.2) is 0 Å². The standard InChI is InChI=1S/C17H26N2O3/c1-17(2,3)16(21)18-13-15(20)19(4)11-8-12-22-14-9-6-5-7-10-14/h5-7,9-10H,8,11-13H2,1-4H3,(H,18,21). The smallest absolute Gasteiger partial charge is 0.241 e. The van der Waals surface area contributed by atoms with Crippen molar-refractivity contribution in [2.75, 3.05) is 26.7 Å². The number of nitrogens with zero attached hydrogens (tertiary/aromatic N) is 1. The molecular formula is C17H26N2O3. The number of benzene rings is 1. The molecule has 5 heteroatoms. The number of hydrogen-bond acceptors (Lipinski definition) is 3. The molecular weight excluding hydrogens is 280 g/mol. The molecule has 0 atom stereocenters. The third-order valence-electron chi connectivity index (χ3n) is 3.16. The summed E-state index contributed by atoms with van der Waals surface area (Å²) in [6.07, 6.45) is 0.740. The van der Waals surface area contributed by atoms with Crippen molar-refractivity contribution in [3.63, 3.8) is 0 Å². The minimum Gasteiger partial charge on any atom is -0.494 e. The second-order valence-corrected chi connectivity index (χ2v) is 6.26. The number of nitrogens with one attached hydrogen (secondary N) is 1. The molecule has 1 rings (SSSR count). The highest BCUT2D eigenvalue weighted by atomic mass is 16.5. The summed E-state index contributed by atoms with van der Waals surface area (Å²) in [6.45, 7) is 6.63. The number of carbonyl (C=O) groups excluding carboxylic acids is 2. The Bertz CT molecular complexity index is 480. The van der Waals surface area contributed by atoms with Crippen LogP contribution < -0.4 is 10.1 Å². The van der Waals surface area contributed by atoms with E-state index in [9.17, 15) is 9.59 Å². The third-order valence-corrected chi connectivity index (χ3v) is 3.16. The van der Waals surface area contributed by atoms with E-state index < -0.39 is 5.41 Å². The molecule has 0 saturated carbocycles. The van der Waals surface area contributed by atoms with E-state index in [4.69, 9.17) is 4.74 Å². The van der Waals surface area contributed by atoms with Crippen molar-refractivity contribution in [3.8, 4) is 5.75 Å². The average Bonchev–Trinajstić information content (AvgIpc) is 2.48. The minimum absolute atomic E-state index is 0.0339. The highest BCUT2D eigenvalue weighted by Gasteiger charge is 2.21. The highest BCUT2D eigenvalue weighted by Crippen LogP contribution is 2.12. The Labute approximate surface area is 132 Å². The summed E-state index contributed by atoms with van der Waals surface area (Å²) in [5.74, 6) is 0.605. The van der Waals surface area contributed by atoms with Crippen LogP contribution in [0.2, 0.25) is 0 Å². The monoisotopic (exact) mass is 306 g/mol. The van der Waals surface area contributed by atoms with Gasteiger partial charge in [0.05, 0.1) is 13.2 Å². The molecule has 22 heavy (non-hydrogen) atoms. The van der Waals surface area contributed by atoms with Crippen LogP contribution in [0, 0.1) is 5.41 Å². The molecule has 1 aromatic carbocycles. The third kappa shape index (κ3) is 6.61. The van der Waals surface area contributed by atoms with E-state index in [2.05, 4.69) is 5.32 Å². The van der Waals surface area contributed by atoms with Gasteiger partial charge >= 0.3 is 0 Å². The molecule has 0 spiro atoms. The van der Waals surface area contributed by atoms with E-state index in [1.165, 1.54) is 0 Å².